The van der Waals surface area contributed by atoms with Gasteiger partial charge < -0.3 is 9.47 Å². The van der Waals surface area contributed by atoms with E-state index in [2.05, 4.69) is 208 Å². The molecular weight excluding hydrogens is 945 g/mol. The summed E-state index contributed by atoms with van der Waals surface area (Å²) in [4.78, 5) is 14.9. The maximum Gasteiger partial charge on any atom is 0.136 e. The summed E-state index contributed by atoms with van der Waals surface area (Å²) in [5.74, 6) is 2.31. The van der Waals surface area contributed by atoms with E-state index in [1.165, 1.54) is 174 Å². The number of nitrogens with zero attached hydrogens (tertiary/aromatic N) is 4. The molecule has 2 aliphatic heterocycles. The summed E-state index contributed by atoms with van der Waals surface area (Å²) >= 11 is 0. The van der Waals surface area contributed by atoms with Crippen molar-refractivity contribution in [2.45, 2.75) is 168 Å². The zero-order chi connectivity index (χ0) is 53.2. The van der Waals surface area contributed by atoms with Crippen LogP contribution in [0.4, 0.5) is 11.4 Å². The maximum atomic E-state index is 6.21. The van der Waals surface area contributed by atoms with Crippen LogP contribution in [0.15, 0.2) is 168 Å². The topological polar surface area (TPSA) is 32.9 Å². The van der Waals surface area contributed by atoms with Crippen LogP contribution in [0.3, 0.4) is 0 Å². The van der Waals surface area contributed by atoms with Crippen molar-refractivity contribution in [2.24, 2.45) is 33.2 Å². The highest BCUT2D eigenvalue weighted by molar-refractivity contribution is 6.07. The highest BCUT2D eigenvalue weighted by atomic mass is 15.2. The fraction of sp³-hybridized carbons (Fsp3) is 0.405. The Labute approximate surface area is 466 Å². The van der Waals surface area contributed by atoms with Crippen LogP contribution in [0.2, 0.25) is 0 Å². The van der Waals surface area contributed by atoms with Gasteiger partial charge in [0.2, 0.25) is 0 Å². The van der Waals surface area contributed by atoms with E-state index in [-0.39, 0.29) is 11.8 Å². The molecule has 5 atom stereocenters. The van der Waals surface area contributed by atoms with E-state index in [0.29, 0.717) is 29.2 Å². The van der Waals surface area contributed by atoms with Crippen LogP contribution in [0, 0.1) is 30.1 Å². The van der Waals surface area contributed by atoms with Crippen LogP contribution in [0.1, 0.15) is 177 Å². The van der Waals surface area contributed by atoms with Crippen LogP contribution in [0.5, 0.6) is 0 Å². The highest BCUT2D eigenvalue weighted by Gasteiger charge is 2.40. The van der Waals surface area contributed by atoms with Gasteiger partial charge in [0.1, 0.15) is 5.84 Å². The average Bonchev–Trinajstić information content (AvgIpc) is 4.21. The molecule has 7 aromatic rings. The number of allylic oxidation sites excluding steroid dienone is 1. The van der Waals surface area contributed by atoms with Crippen LogP contribution in [-0.2, 0) is 0 Å². The number of rotatable bonds is 12. The number of aliphatic imine (C=N–C) groups is 2. The third-order valence-corrected chi connectivity index (χ3v) is 19.6. The van der Waals surface area contributed by atoms with Gasteiger partial charge in [0.15, 0.2) is 0 Å². The molecule has 5 unspecified atom stereocenters. The molecule has 4 nitrogen and oxygen atoms in total. The molecule has 0 radical (unpaired) electrons. The van der Waals surface area contributed by atoms with E-state index in [1.807, 2.05) is 0 Å². The lowest BCUT2D eigenvalue weighted by molar-refractivity contribution is 0.135. The van der Waals surface area contributed by atoms with Gasteiger partial charge in [-0.25, -0.2) is 9.98 Å². The SMILES string of the molecule is CCCCC1C(C)c2ccccc2N1c1ccc2c(c1)c1c(n2-c2ccccc2)=C(C(CC)C2=N/C(c3cccc(-c4ccccc4)c3)=C/CC(C)/C(C3CCC4(CCCCCCCC4)CC3)=N\2)C(c2ccccc2C)CC=1. The Morgan fingerprint density at radius 3 is 2.04 bits per heavy atom. The Morgan fingerprint density at radius 1 is 0.615 bits per heavy atom. The first-order chi connectivity index (χ1) is 38.3. The summed E-state index contributed by atoms with van der Waals surface area (Å²) in [6.07, 6.45) is 27.9. The summed E-state index contributed by atoms with van der Waals surface area (Å²) in [5, 5.41) is 4.00. The number of benzene rings is 6. The number of para-hydroxylation sites is 2. The molecule has 12 rings (SSSR count). The summed E-state index contributed by atoms with van der Waals surface area (Å²) in [7, 11) is 0. The standard InChI is InChI=1S/C74H84N4/c1-6-8-35-67-53(5)62-34-21-22-36-68(62)77(67)59-38-42-69-65(50-59)64-40-39-63(61-33-20-19-26-51(61)3)70(72(64)78(69)58-31-17-14-18-32-58)60(7-2)73-75-66(57-30-25-29-56(49-57)54-27-15-13-16-28-54)41-37-52(4)71(76-73)55-43-47-74(48-44-55)45-23-11-9-10-12-24-46-74/h13-22,25-34,36,38,40-42,49-50,52-53,55,60,63,67H,6-12,23-24,35,37,39,43-48H2,1-5H3/b66-41+,75-73-,76-71+. The molecule has 6 aromatic carbocycles. The first-order valence-electron chi connectivity index (χ1n) is 30.7. The minimum Gasteiger partial charge on any atom is -0.338 e. The van der Waals surface area contributed by atoms with Gasteiger partial charge in [0.05, 0.1) is 16.6 Å². The largest absolute Gasteiger partial charge is 0.338 e. The molecule has 1 spiro atoms. The molecule has 5 aliphatic rings. The van der Waals surface area contributed by atoms with Crippen LogP contribution < -0.4 is 15.5 Å². The zero-order valence-electron chi connectivity index (χ0n) is 47.6. The van der Waals surface area contributed by atoms with Gasteiger partial charge in [0, 0.05) is 62.7 Å². The molecule has 0 N–H and O–H groups in total. The molecule has 3 heterocycles. The van der Waals surface area contributed by atoms with Gasteiger partial charge in [-0.1, -0.05) is 200 Å². The number of anilines is 2. The third kappa shape index (κ3) is 10.1. The normalized spacial score (nSPS) is 24.2. The van der Waals surface area contributed by atoms with Crippen molar-refractivity contribution >= 4 is 51.2 Å². The fourth-order valence-electron chi connectivity index (χ4n) is 15.4. The Hall–Kier alpha value is -6.52. The number of amidine groups is 1. The van der Waals surface area contributed by atoms with Gasteiger partial charge in [-0.3, -0.25) is 0 Å². The second-order valence-electron chi connectivity index (χ2n) is 24.4. The molecule has 2 fully saturated rings. The van der Waals surface area contributed by atoms with Crippen molar-refractivity contribution in [1.29, 1.82) is 0 Å². The highest BCUT2D eigenvalue weighted by Crippen LogP contribution is 2.50. The van der Waals surface area contributed by atoms with Crippen molar-refractivity contribution < 1.29 is 0 Å². The third-order valence-electron chi connectivity index (χ3n) is 19.6. The second kappa shape index (κ2) is 23.1. The molecule has 400 valence electrons. The molecule has 0 bridgehead atoms. The van der Waals surface area contributed by atoms with Crippen LogP contribution in [0.25, 0.3) is 45.1 Å². The summed E-state index contributed by atoms with van der Waals surface area (Å²) in [6, 6.07) is 57.5. The van der Waals surface area contributed by atoms with Crippen molar-refractivity contribution in [3.05, 3.63) is 191 Å². The van der Waals surface area contributed by atoms with E-state index in [1.54, 1.807) is 0 Å². The Kier molecular flexibility index (Phi) is 15.4. The Bertz CT molecular complexity index is 3460. The summed E-state index contributed by atoms with van der Waals surface area (Å²) in [5.41, 5.74) is 17.3. The lowest BCUT2D eigenvalue weighted by Gasteiger charge is -2.42. The minimum absolute atomic E-state index is 0.0525. The number of hydrogen-bond donors (Lipinski definition) is 0. The lowest BCUT2D eigenvalue weighted by atomic mass is 9.64. The van der Waals surface area contributed by atoms with Crippen molar-refractivity contribution in [2.75, 3.05) is 4.90 Å². The zero-order valence-corrected chi connectivity index (χ0v) is 47.6. The Morgan fingerprint density at radius 2 is 1.29 bits per heavy atom. The van der Waals surface area contributed by atoms with Crippen LogP contribution >= 0.6 is 0 Å². The molecule has 0 amide bonds. The monoisotopic (exact) mass is 1030 g/mol. The molecule has 3 aliphatic carbocycles. The van der Waals surface area contributed by atoms with Gasteiger partial charge in [0.25, 0.3) is 0 Å². The van der Waals surface area contributed by atoms with Gasteiger partial charge >= 0.3 is 0 Å². The second-order valence-corrected chi connectivity index (χ2v) is 24.4. The average molecular weight is 1030 g/mol. The van der Waals surface area contributed by atoms with E-state index >= 15 is 0 Å². The summed E-state index contributed by atoms with van der Waals surface area (Å²) < 4.78 is 2.64. The number of aryl methyl sites for hydroxylation is 1. The molecule has 2 saturated carbocycles. The lowest BCUT2D eigenvalue weighted by Crippen LogP contribution is -2.40. The molecule has 78 heavy (non-hydrogen) atoms. The minimum atomic E-state index is -0.0525. The van der Waals surface area contributed by atoms with Crippen molar-refractivity contribution in [3.8, 4) is 16.8 Å². The fourth-order valence-corrected chi connectivity index (χ4v) is 15.4. The maximum absolute atomic E-state index is 6.21. The molecule has 1 aromatic heterocycles. The van der Waals surface area contributed by atoms with Gasteiger partial charge in [-0.2, -0.15) is 0 Å². The number of hydrogen-bond acceptors (Lipinski definition) is 3. The smallest absolute Gasteiger partial charge is 0.136 e. The van der Waals surface area contributed by atoms with E-state index in [0.717, 1.165) is 36.4 Å². The van der Waals surface area contributed by atoms with E-state index < -0.39 is 0 Å². The predicted molar refractivity (Wildman–Crippen MR) is 333 cm³/mol. The number of fused-ring (bicyclic) bond motifs is 4. The first kappa shape index (κ1) is 52.2. The molecule has 4 heteroatoms. The summed E-state index contributed by atoms with van der Waals surface area (Å²) in [6.45, 7) is 12.0. The number of aromatic nitrogens is 1. The van der Waals surface area contributed by atoms with Gasteiger partial charge in [-0.15, -0.1) is 0 Å². The number of unbranched alkanes of at least 4 members (excludes halogenated alkanes) is 1. The first-order valence-corrected chi connectivity index (χ1v) is 30.7. The van der Waals surface area contributed by atoms with Crippen LogP contribution in [-0.4, -0.2) is 22.2 Å². The Balaban J connectivity index is 1.08. The van der Waals surface area contributed by atoms with Crippen molar-refractivity contribution in [3.63, 3.8) is 0 Å². The van der Waals surface area contributed by atoms with E-state index in [9.17, 15) is 0 Å². The molecular formula is C74H84N4. The van der Waals surface area contributed by atoms with Crippen molar-refractivity contribution in [1.82, 2.24) is 4.57 Å². The van der Waals surface area contributed by atoms with E-state index in [4.69, 9.17) is 9.98 Å². The predicted octanol–water partition coefficient (Wildman–Crippen LogP) is 18.8. The van der Waals surface area contributed by atoms with Gasteiger partial charge in [-0.05, 0) is 164 Å². The quantitative estimate of drug-likeness (QED) is 0.120. The molecule has 0 saturated heterocycles.